The van der Waals surface area contributed by atoms with Crippen LogP contribution in [0.25, 0.3) is 0 Å². The molecule has 0 radical (unpaired) electrons. The van der Waals surface area contributed by atoms with E-state index in [1.165, 1.54) is 0 Å². The Labute approximate surface area is 115 Å². The van der Waals surface area contributed by atoms with Crippen molar-refractivity contribution in [1.29, 1.82) is 0 Å². The van der Waals surface area contributed by atoms with E-state index < -0.39 is 0 Å². The predicted octanol–water partition coefficient (Wildman–Crippen LogP) is 2.93. The maximum atomic E-state index is 5.58. The van der Waals surface area contributed by atoms with E-state index in [2.05, 4.69) is 5.32 Å². The minimum atomic E-state index is 0.639. The number of ether oxygens (including phenoxy) is 3. The third-order valence-corrected chi connectivity index (χ3v) is 3.40. The average Bonchev–Trinajstić information content (AvgIpc) is 2.47. The lowest BCUT2D eigenvalue weighted by Gasteiger charge is -2.23. The van der Waals surface area contributed by atoms with Crippen LogP contribution in [0.3, 0.4) is 0 Å². The van der Waals surface area contributed by atoms with Gasteiger partial charge in [0, 0.05) is 31.5 Å². The summed E-state index contributed by atoms with van der Waals surface area (Å²) in [6.07, 6.45) is 2.28. The van der Waals surface area contributed by atoms with E-state index in [-0.39, 0.29) is 0 Å². The van der Waals surface area contributed by atoms with E-state index >= 15 is 0 Å². The number of anilines is 1. The van der Waals surface area contributed by atoms with Crippen LogP contribution in [0.15, 0.2) is 18.2 Å². The summed E-state index contributed by atoms with van der Waals surface area (Å²) in [6, 6.07) is 5.97. The first-order valence-corrected chi connectivity index (χ1v) is 6.96. The number of hydrogen-bond donors (Lipinski definition) is 1. The predicted molar refractivity (Wildman–Crippen MR) is 76.2 cm³/mol. The van der Waals surface area contributed by atoms with Crippen molar-refractivity contribution in [2.75, 3.05) is 38.8 Å². The highest BCUT2D eigenvalue weighted by atomic mass is 16.5. The quantitative estimate of drug-likeness (QED) is 0.858. The van der Waals surface area contributed by atoms with Crippen molar-refractivity contribution in [3.05, 3.63) is 18.2 Å². The molecule has 4 heteroatoms. The van der Waals surface area contributed by atoms with Crippen molar-refractivity contribution in [3.63, 3.8) is 0 Å². The van der Waals surface area contributed by atoms with Crippen molar-refractivity contribution in [2.45, 2.75) is 19.8 Å². The summed E-state index contributed by atoms with van der Waals surface area (Å²) in [4.78, 5) is 0. The Kier molecular flexibility index (Phi) is 5.33. The molecule has 19 heavy (non-hydrogen) atoms. The molecule has 1 N–H and O–H groups in total. The van der Waals surface area contributed by atoms with Gasteiger partial charge in [-0.2, -0.15) is 0 Å². The highest BCUT2D eigenvalue weighted by Gasteiger charge is 2.13. The minimum Gasteiger partial charge on any atom is -0.493 e. The molecule has 1 aliphatic rings. The van der Waals surface area contributed by atoms with Gasteiger partial charge in [-0.05, 0) is 37.8 Å². The van der Waals surface area contributed by atoms with Gasteiger partial charge in [-0.1, -0.05) is 0 Å². The second kappa shape index (κ2) is 7.24. The van der Waals surface area contributed by atoms with Crippen molar-refractivity contribution < 1.29 is 14.2 Å². The van der Waals surface area contributed by atoms with Gasteiger partial charge < -0.3 is 19.5 Å². The fourth-order valence-electron chi connectivity index (χ4n) is 2.27. The van der Waals surface area contributed by atoms with Crippen LogP contribution >= 0.6 is 0 Å². The molecule has 0 amide bonds. The number of nitrogens with one attached hydrogen (secondary N) is 1. The molecule has 0 aliphatic carbocycles. The van der Waals surface area contributed by atoms with Crippen LogP contribution in [0, 0.1) is 5.92 Å². The summed E-state index contributed by atoms with van der Waals surface area (Å²) < 4.78 is 16.2. The Hall–Kier alpha value is -1.42. The fraction of sp³-hybridized carbons (Fsp3) is 0.600. The molecule has 0 saturated carbocycles. The maximum absolute atomic E-state index is 5.58. The molecule has 1 saturated heterocycles. The third-order valence-electron chi connectivity index (χ3n) is 3.40. The molecule has 106 valence electrons. The zero-order valence-electron chi connectivity index (χ0n) is 11.8. The zero-order chi connectivity index (χ0) is 13.5. The Balaban J connectivity index is 1.93. The summed E-state index contributed by atoms with van der Waals surface area (Å²) >= 11 is 0. The standard InChI is InChI=1S/C15H23NO3/c1-3-19-15-10-13(4-5-14(15)17-2)16-11-12-6-8-18-9-7-12/h4-5,10,12,16H,3,6-9,11H2,1-2H3. The molecule has 1 heterocycles. The van der Waals surface area contributed by atoms with Gasteiger partial charge in [0.2, 0.25) is 0 Å². The van der Waals surface area contributed by atoms with E-state index in [0.29, 0.717) is 12.5 Å². The normalized spacial score (nSPS) is 16.1. The number of methoxy groups -OCH3 is 1. The first-order chi connectivity index (χ1) is 9.33. The summed E-state index contributed by atoms with van der Waals surface area (Å²) in [5, 5.41) is 3.47. The molecule has 1 aromatic rings. The van der Waals surface area contributed by atoms with Crippen molar-refractivity contribution in [2.24, 2.45) is 5.92 Å². The molecule has 0 spiro atoms. The topological polar surface area (TPSA) is 39.7 Å². The summed E-state index contributed by atoms with van der Waals surface area (Å²) in [7, 11) is 1.66. The minimum absolute atomic E-state index is 0.639. The molecule has 0 atom stereocenters. The Bertz CT molecular complexity index is 389. The van der Waals surface area contributed by atoms with Gasteiger partial charge >= 0.3 is 0 Å². The Morgan fingerprint density at radius 3 is 2.74 bits per heavy atom. The monoisotopic (exact) mass is 265 g/mol. The molecule has 0 unspecified atom stereocenters. The number of hydrogen-bond acceptors (Lipinski definition) is 4. The zero-order valence-corrected chi connectivity index (χ0v) is 11.8. The summed E-state index contributed by atoms with van der Waals surface area (Å²) in [5.74, 6) is 2.27. The molecular formula is C15H23NO3. The third kappa shape index (κ3) is 4.03. The molecule has 0 bridgehead atoms. The summed E-state index contributed by atoms with van der Waals surface area (Å²) in [6.45, 7) is 5.38. The fourth-order valence-corrected chi connectivity index (χ4v) is 2.27. The van der Waals surface area contributed by atoms with Crippen LogP contribution in [0.5, 0.6) is 11.5 Å². The van der Waals surface area contributed by atoms with Crippen LogP contribution in [0.4, 0.5) is 5.69 Å². The first kappa shape index (κ1) is 14.0. The van der Waals surface area contributed by atoms with Crippen molar-refractivity contribution >= 4 is 5.69 Å². The van der Waals surface area contributed by atoms with E-state index in [1.807, 2.05) is 25.1 Å². The number of rotatable bonds is 6. The van der Waals surface area contributed by atoms with Gasteiger partial charge in [-0.25, -0.2) is 0 Å². The van der Waals surface area contributed by atoms with Gasteiger partial charge in [0.05, 0.1) is 13.7 Å². The Morgan fingerprint density at radius 2 is 2.05 bits per heavy atom. The van der Waals surface area contributed by atoms with Crippen molar-refractivity contribution in [1.82, 2.24) is 0 Å². The maximum Gasteiger partial charge on any atom is 0.163 e. The summed E-state index contributed by atoms with van der Waals surface area (Å²) in [5.41, 5.74) is 1.08. The van der Waals surface area contributed by atoms with Gasteiger partial charge in [0.1, 0.15) is 0 Å². The highest BCUT2D eigenvalue weighted by molar-refractivity contribution is 5.54. The van der Waals surface area contributed by atoms with Gasteiger partial charge in [0.15, 0.2) is 11.5 Å². The van der Waals surface area contributed by atoms with E-state index in [0.717, 1.165) is 49.8 Å². The van der Waals surface area contributed by atoms with E-state index in [4.69, 9.17) is 14.2 Å². The van der Waals surface area contributed by atoms with E-state index in [9.17, 15) is 0 Å². The van der Waals surface area contributed by atoms with Gasteiger partial charge in [-0.3, -0.25) is 0 Å². The second-order valence-corrected chi connectivity index (χ2v) is 4.74. The lowest BCUT2D eigenvalue weighted by molar-refractivity contribution is 0.0699. The molecular weight excluding hydrogens is 242 g/mol. The van der Waals surface area contributed by atoms with Crippen molar-refractivity contribution in [3.8, 4) is 11.5 Å². The molecule has 2 rings (SSSR count). The van der Waals surface area contributed by atoms with Gasteiger partial charge in [0.25, 0.3) is 0 Å². The van der Waals surface area contributed by atoms with Gasteiger partial charge in [-0.15, -0.1) is 0 Å². The second-order valence-electron chi connectivity index (χ2n) is 4.74. The first-order valence-electron chi connectivity index (χ1n) is 6.96. The molecule has 1 aliphatic heterocycles. The SMILES string of the molecule is CCOc1cc(NCC2CCOCC2)ccc1OC. The lowest BCUT2D eigenvalue weighted by Crippen LogP contribution is -2.22. The largest absolute Gasteiger partial charge is 0.493 e. The van der Waals surface area contributed by atoms with Crippen LogP contribution in [-0.2, 0) is 4.74 Å². The molecule has 0 aromatic heterocycles. The number of benzene rings is 1. The van der Waals surface area contributed by atoms with E-state index in [1.54, 1.807) is 7.11 Å². The lowest BCUT2D eigenvalue weighted by atomic mass is 10.0. The van der Waals surface area contributed by atoms with Crippen LogP contribution in [0.1, 0.15) is 19.8 Å². The molecule has 1 fully saturated rings. The highest BCUT2D eigenvalue weighted by Crippen LogP contribution is 2.30. The smallest absolute Gasteiger partial charge is 0.163 e. The van der Waals surface area contributed by atoms with Crippen LogP contribution in [0.2, 0.25) is 0 Å². The molecule has 4 nitrogen and oxygen atoms in total. The van der Waals surface area contributed by atoms with Crippen LogP contribution in [-0.4, -0.2) is 33.5 Å². The Morgan fingerprint density at radius 1 is 1.26 bits per heavy atom. The van der Waals surface area contributed by atoms with Crippen LogP contribution < -0.4 is 14.8 Å². The average molecular weight is 265 g/mol. The molecule has 1 aromatic carbocycles.